The molecule has 0 spiro atoms. The summed E-state index contributed by atoms with van der Waals surface area (Å²) in [4.78, 5) is 21.5. The Morgan fingerprint density at radius 2 is 2.25 bits per heavy atom. The Bertz CT molecular complexity index is 449. The molecule has 1 rings (SSSR count). The van der Waals surface area contributed by atoms with E-state index < -0.39 is 10.9 Å². The van der Waals surface area contributed by atoms with Crippen LogP contribution in [0.5, 0.6) is 0 Å². The molecule has 0 N–H and O–H groups in total. The number of nitro groups is 1. The van der Waals surface area contributed by atoms with Crippen LogP contribution in [0.3, 0.4) is 0 Å². The summed E-state index contributed by atoms with van der Waals surface area (Å²) in [5.41, 5.74) is -0.491. The van der Waals surface area contributed by atoms with Crippen LogP contribution in [0.1, 0.15) is 17.3 Å². The van der Waals surface area contributed by atoms with Crippen molar-refractivity contribution < 1.29 is 14.5 Å². The van der Waals surface area contributed by atoms with Gasteiger partial charge in [0.1, 0.15) is 5.56 Å². The number of carbonyl (C=O) groups is 1. The van der Waals surface area contributed by atoms with Gasteiger partial charge in [0, 0.05) is 10.5 Å². The van der Waals surface area contributed by atoms with E-state index in [9.17, 15) is 14.9 Å². The van der Waals surface area contributed by atoms with E-state index in [2.05, 4.69) is 15.9 Å². The Morgan fingerprint density at radius 3 is 2.75 bits per heavy atom. The number of nitrogens with zero attached hydrogens (tertiary/aromatic N) is 1. The molecule has 0 atom stereocenters. The molecule has 86 valence electrons. The highest BCUT2D eigenvalue weighted by molar-refractivity contribution is 9.10. The van der Waals surface area contributed by atoms with E-state index in [0.29, 0.717) is 4.47 Å². The molecule has 0 bridgehead atoms. The second-order valence-corrected chi connectivity index (χ2v) is 4.02. The molecule has 0 aliphatic carbocycles. The topological polar surface area (TPSA) is 69.4 Å². The van der Waals surface area contributed by atoms with Crippen molar-refractivity contribution in [1.82, 2.24) is 0 Å². The van der Waals surface area contributed by atoms with Crippen molar-refractivity contribution in [2.24, 2.45) is 0 Å². The number of hydrogen-bond donors (Lipinski definition) is 0. The first-order valence-corrected chi connectivity index (χ1v) is 5.45. The molecular weight excluding hydrogens is 301 g/mol. The Kier molecular flexibility index (Phi) is 4.26. The predicted molar refractivity (Wildman–Crippen MR) is 61.8 cm³/mol. The van der Waals surface area contributed by atoms with Gasteiger partial charge in [-0.2, -0.15) is 0 Å². The zero-order chi connectivity index (χ0) is 12.3. The smallest absolute Gasteiger partial charge is 0.345 e. The fraction of sp³-hybridized carbons (Fsp3) is 0.222. The van der Waals surface area contributed by atoms with E-state index >= 15 is 0 Å². The summed E-state index contributed by atoms with van der Waals surface area (Å²) in [7, 11) is 0. The van der Waals surface area contributed by atoms with Crippen molar-refractivity contribution in [3.63, 3.8) is 0 Å². The van der Waals surface area contributed by atoms with Gasteiger partial charge in [-0.3, -0.25) is 10.1 Å². The highest BCUT2D eigenvalue weighted by atomic mass is 79.9. The first-order valence-electron chi connectivity index (χ1n) is 4.28. The van der Waals surface area contributed by atoms with E-state index in [4.69, 9.17) is 16.3 Å². The number of hydrogen-bond acceptors (Lipinski definition) is 4. The quantitative estimate of drug-likeness (QED) is 0.488. The number of rotatable bonds is 3. The van der Waals surface area contributed by atoms with Gasteiger partial charge in [0.05, 0.1) is 16.6 Å². The van der Waals surface area contributed by atoms with E-state index in [1.54, 1.807) is 6.92 Å². The lowest BCUT2D eigenvalue weighted by Crippen LogP contribution is -2.08. The van der Waals surface area contributed by atoms with Crippen molar-refractivity contribution in [2.45, 2.75) is 6.92 Å². The van der Waals surface area contributed by atoms with Crippen molar-refractivity contribution in [1.29, 1.82) is 0 Å². The van der Waals surface area contributed by atoms with Crippen LogP contribution >= 0.6 is 27.5 Å². The Morgan fingerprint density at radius 1 is 1.62 bits per heavy atom. The average molecular weight is 309 g/mol. The first-order chi connectivity index (χ1) is 7.47. The minimum absolute atomic E-state index is 0.143. The maximum absolute atomic E-state index is 11.4. The summed E-state index contributed by atoms with van der Waals surface area (Å²) >= 11 is 8.81. The Hall–Kier alpha value is -1.14. The third-order valence-corrected chi connectivity index (χ3v) is 2.93. The molecule has 1 aromatic rings. The van der Waals surface area contributed by atoms with Crippen LogP contribution < -0.4 is 0 Å². The van der Waals surface area contributed by atoms with Gasteiger partial charge in [0.15, 0.2) is 0 Å². The zero-order valence-electron chi connectivity index (χ0n) is 8.20. The van der Waals surface area contributed by atoms with Gasteiger partial charge < -0.3 is 4.74 Å². The molecule has 0 saturated carbocycles. The van der Waals surface area contributed by atoms with Crippen LogP contribution in [0.4, 0.5) is 5.69 Å². The largest absolute Gasteiger partial charge is 0.462 e. The fourth-order valence-corrected chi connectivity index (χ4v) is 1.55. The van der Waals surface area contributed by atoms with Crippen molar-refractivity contribution in [3.8, 4) is 0 Å². The number of halogens is 2. The monoisotopic (exact) mass is 307 g/mol. The van der Waals surface area contributed by atoms with E-state index in [0.717, 1.165) is 0 Å². The molecule has 5 nitrogen and oxygen atoms in total. The van der Waals surface area contributed by atoms with E-state index in [1.807, 2.05) is 0 Å². The molecule has 0 heterocycles. The summed E-state index contributed by atoms with van der Waals surface area (Å²) in [5.74, 6) is -0.761. The van der Waals surface area contributed by atoms with Crippen LogP contribution in [0.2, 0.25) is 5.02 Å². The predicted octanol–water partition coefficient (Wildman–Crippen LogP) is 3.19. The maximum atomic E-state index is 11.4. The number of benzene rings is 1. The molecular formula is C9H7BrClNO4. The molecule has 0 aliphatic rings. The molecule has 1 aromatic carbocycles. The fourth-order valence-electron chi connectivity index (χ4n) is 1.06. The third kappa shape index (κ3) is 2.70. The summed E-state index contributed by atoms with van der Waals surface area (Å²) in [6, 6.07) is 2.39. The van der Waals surface area contributed by atoms with Gasteiger partial charge in [-0.1, -0.05) is 11.6 Å². The average Bonchev–Trinajstić information content (AvgIpc) is 2.21. The van der Waals surface area contributed by atoms with Gasteiger partial charge in [0.25, 0.3) is 5.69 Å². The van der Waals surface area contributed by atoms with Crippen LogP contribution in [0.15, 0.2) is 16.6 Å². The van der Waals surface area contributed by atoms with Crippen LogP contribution in [-0.2, 0) is 4.74 Å². The lowest BCUT2D eigenvalue weighted by atomic mass is 10.2. The van der Waals surface area contributed by atoms with Crippen LogP contribution in [-0.4, -0.2) is 17.5 Å². The van der Waals surface area contributed by atoms with Gasteiger partial charge >= 0.3 is 5.97 Å². The lowest BCUT2D eigenvalue weighted by molar-refractivity contribution is -0.385. The van der Waals surface area contributed by atoms with Gasteiger partial charge in [-0.25, -0.2) is 4.79 Å². The Labute approximate surface area is 105 Å². The minimum atomic E-state index is -0.761. The lowest BCUT2D eigenvalue weighted by Gasteiger charge is -2.04. The van der Waals surface area contributed by atoms with Gasteiger partial charge in [0.2, 0.25) is 0 Å². The number of ether oxygens (including phenoxy) is 1. The molecule has 0 aromatic heterocycles. The zero-order valence-corrected chi connectivity index (χ0v) is 10.5. The SMILES string of the molecule is CCOC(=O)c1cc(Cl)c(Br)cc1[N+](=O)[O-]. The highest BCUT2D eigenvalue weighted by Gasteiger charge is 2.23. The standard InChI is InChI=1S/C9H7BrClNO4/c1-2-16-9(13)5-3-7(11)6(10)4-8(5)12(14)15/h3-4H,2H2,1H3. The number of esters is 1. The van der Waals surface area contributed by atoms with Crippen molar-refractivity contribution >= 4 is 39.2 Å². The number of nitro benzene ring substituents is 1. The summed E-state index contributed by atoms with van der Waals surface area (Å²) in [6.07, 6.45) is 0. The second kappa shape index (κ2) is 5.27. The van der Waals surface area contributed by atoms with Crippen molar-refractivity contribution in [3.05, 3.63) is 37.3 Å². The van der Waals surface area contributed by atoms with Crippen LogP contribution in [0, 0.1) is 10.1 Å². The molecule has 7 heteroatoms. The first kappa shape index (κ1) is 12.9. The molecule has 16 heavy (non-hydrogen) atoms. The Balaban J connectivity index is 3.30. The normalized spacial score (nSPS) is 9.94. The van der Waals surface area contributed by atoms with E-state index in [1.165, 1.54) is 12.1 Å². The minimum Gasteiger partial charge on any atom is -0.462 e. The van der Waals surface area contributed by atoms with Crippen molar-refractivity contribution in [2.75, 3.05) is 6.61 Å². The van der Waals surface area contributed by atoms with Gasteiger partial charge in [-0.05, 0) is 28.9 Å². The third-order valence-electron chi connectivity index (χ3n) is 1.73. The maximum Gasteiger partial charge on any atom is 0.345 e. The molecule has 0 saturated heterocycles. The molecule has 0 radical (unpaired) electrons. The molecule has 0 unspecified atom stereocenters. The summed E-state index contributed by atoms with van der Waals surface area (Å²) in [6.45, 7) is 1.76. The molecule has 0 amide bonds. The summed E-state index contributed by atoms with van der Waals surface area (Å²) in [5, 5.41) is 10.9. The highest BCUT2D eigenvalue weighted by Crippen LogP contribution is 2.31. The van der Waals surface area contributed by atoms with Crippen LogP contribution in [0.25, 0.3) is 0 Å². The molecule has 0 fully saturated rings. The van der Waals surface area contributed by atoms with Gasteiger partial charge in [-0.15, -0.1) is 0 Å². The van der Waals surface area contributed by atoms with E-state index in [-0.39, 0.29) is 22.9 Å². The molecule has 0 aliphatic heterocycles. The number of carbonyl (C=O) groups excluding carboxylic acids is 1. The summed E-state index contributed by atoms with van der Waals surface area (Å²) < 4.78 is 5.05. The second-order valence-electron chi connectivity index (χ2n) is 2.76.